The second-order valence-corrected chi connectivity index (χ2v) is 5.97. The molecule has 3 N–H and O–H groups in total. The minimum absolute atomic E-state index is 0. The van der Waals surface area contributed by atoms with E-state index < -0.39 is 15.6 Å². The predicted octanol–water partition coefficient (Wildman–Crippen LogP) is 1.90. The lowest BCUT2D eigenvalue weighted by Gasteiger charge is -2.26. The SMILES string of the molecule is CCC(N)(CC)CNS(=O)(=O)c1ccccc1.Cl. The van der Waals surface area contributed by atoms with Gasteiger partial charge in [-0.2, -0.15) is 0 Å². The lowest BCUT2D eigenvalue weighted by atomic mass is 9.95. The van der Waals surface area contributed by atoms with Crippen LogP contribution in [0.4, 0.5) is 0 Å². The second kappa shape index (κ2) is 7.09. The minimum Gasteiger partial charge on any atom is -0.324 e. The summed E-state index contributed by atoms with van der Waals surface area (Å²) in [5.74, 6) is 0. The van der Waals surface area contributed by atoms with Crippen LogP contribution in [0.5, 0.6) is 0 Å². The lowest BCUT2D eigenvalue weighted by molar-refractivity contribution is 0.392. The van der Waals surface area contributed by atoms with E-state index in [0.29, 0.717) is 0 Å². The van der Waals surface area contributed by atoms with Crippen LogP contribution in [0.2, 0.25) is 0 Å². The highest BCUT2D eigenvalue weighted by Gasteiger charge is 2.23. The highest BCUT2D eigenvalue weighted by molar-refractivity contribution is 7.89. The molecule has 0 radical (unpaired) electrons. The molecule has 0 heterocycles. The molecule has 0 unspecified atom stereocenters. The van der Waals surface area contributed by atoms with Gasteiger partial charge in [0, 0.05) is 12.1 Å². The van der Waals surface area contributed by atoms with Gasteiger partial charge in [0.1, 0.15) is 0 Å². The van der Waals surface area contributed by atoms with Gasteiger partial charge in [-0.1, -0.05) is 32.0 Å². The molecule has 18 heavy (non-hydrogen) atoms. The molecular formula is C12H21ClN2O2S. The van der Waals surface area contributed by atoms with Crippen LogP contribution in [0.15, 0.2) is 35.2 Å². The standard InChI is InChI=1S/C12H20N2O2S.ClH/c1-3-12(13,4-2)10-14-17(15,16)11-8-6-5-7-9-11;/h5-9,14H,3-4,10,13H2,1-2H3;1H. The van der Waals surface area contributed by atoms with Crippen molar-refractivity contribution in [3.63, 3.8) is 0 Å². The summed E-state index contributed by atoms with van der Waals surface area (Å²) >= 11 is 0. The van der Waals surface area contributed by atoms with Crippen molar-refractivity contribution in [1.82, 2.24) is 4.72 Å². The Morgan fingerprint density at radius 1 is 1.17 bits per heavy atom. The maximum atomic E-state index is 11.9. The van der Waals surface area contributed by atoms with Crippen molar-refractivity contribution in [3.8, 4) is 0 Å². The van der Waals surface area contributed by atoms with Crippen LogP contribution in [0, 0.1) is 0 Å². The average Bonchev–Trinajstić information content (AvgIpc) is 2.37. The molecule has 0 atom stereocenters. The summed E-state index contributed by atoms with van der Waals surface area (Å²) < 4.78 is 26.5. The van der Waals surface area contributed by atoms with Crippen LogP contribution in [-0.2, 0) is 10.0 Å². The van der Waals surface area contributed by atoms with Gasteiger partial charge in [-0.15, -0.1) is 12.4 Å². The molecule has 0 aliphatic carbocycles. The first-order chi connectivity index (χ1) is 7.93. The third-order valence-electron chi connectivity index (χ3n) is 3.08. The number of hydrogen-bond donors (Lipinski definition) is 2. The predicted molar refractivity (Wildman–Crippen MR) is 76.4 cm³/mol. The van der Waals surface area contributed by atoms with Crippen LogP contribution in [-0.4, -0.2) is 20.5 Å². The van der Waals surface area contributed by atoms with Crippen molar-refractivity contribution in [2.45, 2.75) is 37.1 Å². The Balaban J connectivity index is 0.00000289. The van der Waals surface area contributed by atoms with E-state index in [1.165, 1.54) is 0 Å². The molecule has 4 nitrogen and oxygen atoms in total. The Morgan fingerprint density at radius 3 is 2.11 bits per heavy atom. The summed E-state index contributed by atoms with van der Waals surface area (Å²) in [5, 5.41) is 0. The van der Waals surface area contributed by atoms with Crippen molar-refractivity contribution in [2.75, 3.05) is 6.54 Å². The molecular weight excluding hydrogens is 272 g/mol. The third-order valence-corrected chi connectivity index (χ3v) is 4.49. The van der Waals surface area contributed by atoms with E-state index in [4.69, 9.17) is 5.73 Å². The minimum atomic E-state index is -3.44. The van der Waals surface area contributed by atoms with E-state index in [1.54, 1.807) is 30.3 Å². The van der Waals surface area contributed by atoms with Crippen molar-refractivity contribution < 1.29 is 8.42 Å². The number of sulfonamides is 1. The fourth-order valence-corrected chi connectivity index (χ4v) is 2.58. The van der Waals surface area contributed by atoms with E-state index in [-0.39, 0.29) is 23.8 Å². The molecule has 0 aromatic heterocycles. The Bertz CT molecular complexity index is 444. The van der Waals surface area contributed by atoms with Gasteiger partial charge < -0.3 is 5.73 Å². The molecule has 0 aliphatic heterocycles. The van der Waals surface area contributed by atoms with Crippen LogP contribution in [0.3, 0.4) is 0 Å². The molecule has 0 amide bonds. The molecule has 0 aliphatic rings. The maximum Gasteiger partial charge on any atom is 0.240 e. The molecule has 0 bridgehead atoms. The van der Waals surface area contributed by atoms with Gasteiger partial charge in [0.05, 0.1) is 4.90 Å². The molecule has 0 fully saturated rings. The molecule has 0 spiro atoms. The summed E-state index contributed by atoms with van der Waals surface area (Å²) in [6.07, 6.45) is 1.47. The first kappa shape index (κ1) is 17.4. The zero-order chi connectivity index (χ0) is 12.9. The number of halogens is 1. The molecule has 6 heteroatoms. The summed E-state index contributed by atoms with van der Waals surface area (Å²) in [6.45, 7) is 4.18. The second-order valence-electron chi connectivity index (χ2n) is 4.21. The van der Waals surface area contributed by atoms with Crippen molar-refractivity contribution in [2.24, 2.45) is 5.73 Å². The number of nitrogens with one attached hydrogen (secondary N) is 1. The molecule has 104 valence electrons. The van der Waals surface area contributed by atoms with Gasteiger partial charge in [0.2, 0.25) is 10.0 Å². The first-order valence-corrected chi connectivity index (χ1v) is 7.25. The molecule has 1 rings (SSSR count). The summed E-state index contributed by atoms with van der Waals surface area (Å²) in [5.41, 5.74) is 5.58. The highest BCUT2D eigenvalue weighted by atomic mass is 35.5. The zero-order valence-corrected chi connectivity index (χ0v) is 12.4. The van der Waals surface area contributed by atoms with Gasteiger partial charge in [-0.05, 0) is 25.0 Å². The lowest BCUT2D eigenvalue weighted by Crippen LogP contribution is -2.49. The Kier molecular flexibility index (Phi) is 6.84. The van der Waals surface area contributed by atoms with Gasteiger partial charge in [0.25, 0.3) is 0 Å². The summed E-state index contributed by atoms with van der Waals surface area (Å²) in [6, 6.07) is 8.31. The van der Waals surface area contributed by atoms with Crippen molar-refractivity contribution >= 4 is 22.4 Å². The smallest absolute Gasteiger partial charge is 0.240 e. The van der Waals surface area contributed by atoms with Crippen LogP contribution >= 0.6 is 12.4 Å². The normalized spacial score (nSPS) is 11.9. The monoisotopic (exact) mass is 292 g/mol. The van der Waals surface area contributed by atoms with Gasteiger partial charge >= 0.3 is 0 Å². The zero-order valence-electron chi connectivity index (χ0n) is 10.7. The number of hydrogen-bond acceptors (Lipinski definition) is 3. The van der Waals surface area contributed by atoms with Gasteiger partial charge in [-0.3, -0.25) is 0 Å². The first-order valence-electron chi connectivity index (χ1n) is 5.77. The number of rotatable bonds is 6. The quantitative estimate of drug-likeness (QED) is 0.841. The maximum absolute atomic E-state index is 11.9. The average molecular weight is 293 g/mol. The van der Waals surface area contributed by atoms with E-state index >= 15 is 0 Å². The van der Waals surface area contributed by atoms with E-state index in [2.05, 4.69) is 4.72 Å². The van der Waals surface area contributed by atoms with Crippen LogP contribution in [0.1, 0.15) is 26.7 Å². The summed E-state index contributed by atoms with van der Waals surface area (Å²) in [7, 11) is -3.44. The van der Waals surface area contributed by atoms with E-state index in [0.717, 1.165) is 12.8 Å². The van der Waals surface area contributed by atoms with Gasteiger partial charge in [-0.25, -0.2) is 13.1 Å². The van der Waals surface area contributed by atoms with Crippen LogP contribution < -0.4 is 10.5 Å². The van der Waals surface area contributed by atoms with Gasteiger partial charge in [0.15, 0.2) is 0 Å². The van der Waals surface area contributed by atoms with E-state index in [1.807, 2.05) is 13.8 Å². The van der Waals surface area contributed by atoms with Crippen molar-refractivity contribution in [3.05, 3.63) is 30.3 Å². The molecule has 1 aromatic carbocycles. The highest BCUT2D eigenvalue weighted by Crippen LogP contribution is 2.12. The number of benzene rings is 1. The van der Waals surface area contributed by atoms with E-state index in [9.17, 15) is 8.42 Å². The van der Waals surface area contributed by atoms with Crippen molar-refractivity contribution in [1.29, 1.82) is 0 Å². The van der Waals surface area contributed by atoms with Crippen LogP contribution in [0.25, 0.3) is 0 Å². The fourth-order valence-electron chi connectivity index (χ4n) is 1.42. The number of nitrogens with two attached hydrogens (primary N) is 1. The largest absolute Gasteiger partial charge is 0.324 e. The Morgan fingerprint density at radius 2 is 1.67 bits per heavy atom. The third kappa shape index (κ3) is 4.57. The Labute approximate surface area is 115 Å². The molecule has 0 saturated carbocycles. The Hall–Kier alpha value is -0.620. The molecule has 1 aromatic rings. The fraction of sp³-hybridized carbons (Fsp3) is 0.500. The summed E-state index contributed by atoms with van der Waals surface area (Å²) in [4.78, 5) is 0.273. The molecule has 0 saturated heterocycles. The topological polar surface area (TPSA) is 72.2 Å².